The number of esters is 1. The average molecular weight is 1180 g/mol. The van der Waals surface area contributed by atoms with E-state index in [4.69, 9.17) is 14.2 Å². The molecular formula is C74H121NO10. The molecule has 0 saturated carbocycles. The Morgan fingerprint density at radius 3 is 1.27 bits per heavy atom. The highest BCUT2D eigenvalue weighted by Gasteiger charge is 2.47. The molecule has 1 amide bonds. The second kappa shape index (κ2) is 59.9. The summed E-state index contributed by atoms with van der Waals surface area (Å²) in [4.78, 5) is 26.6. The van der Waals surface area contributed by atoms with E-state index in [-0.39, 0.29) is 19.4 Å². The van der Waals surface area contributed by atoms with Gasteiger partial charge < -0.3 is 45.1 Å². The molecule has 0 aliphatic carbocycles. The number of allylic oxidation sites excluding steroid dienone is 23. The van der Waals surface area contributed by atoms with Crippen molar-refractivity contribution in [2.45, 2.75) is 294 Å². The summed E-state index contributed by atoms with van der Waals surface area (Å²) in [5.41, 5.74) is 0. The SMILES string of the molecule is CC/C=C\C/C=C\C/C=C\C/C=C\C/C=C\C/C=C\CCCCCCCC(O)C(=O)NC(COC1OC(CO)C(O)C(O)C1OC(=O)CCCCC/C=C\C/C=C\C/C=C\C/C=C\C/C=C\CC)C(O)/C=C/CCCCCCCCCCCCC. The van der Waals surface area contributed by atoms with Gasteiger partial charge in [0.15, 0.2) is 12.4 Å². The van der Waals surface area contributed by atoms with Gasteiger partial charge >= 0.3 is 5.97 Å². The first kappa shape index (κ1) is 78.6. The Bertz CT molecular complexity index is 1940. The summed E-state index contributed by atoms with van der Waals surface area (Å²) in [5.74, 6) is -1.25. The first-order valence-electron chi connectivity index (χ1n) is 33.6. The van der Waals surface area contributed by atoms with Crippen LogP contribution in [0.25, 0.3) is 0 Å². The van der Waals surface area contributed by atoms with E-state index in [0.717, 1.165) is 148 Å². The molecule has 1 aliphatic heterocycles. The quantitative estimate of drug-likeness (QED) is 0.0195. The molecule has 11 nitrogen and oxygen atoms in total. The van der Waals surface area contributed by atoms with E-state index >= 15 is 0 Å². The number of carbonyl (C=O) groups is 2. The molecule has 0 spiro atoms. The van der Waals surface area contributed by atoms with Gasteiger partial charge in [0.05, 0.1) is 25.4 Å². The minimum Gasteiger partial charge on any atom is -0.454 e. The lowest BCUT2D eigenvalue weighted by Crippen LogP contribution is -2.61. The maximum absolute atomic E-state index is 13.5. The van der Waals surface area contributed by atoms with E-state index in [1.54, 1.807) is 6.08 Å². The van der Waals surface area contributed by atoms with Crippen molar-refractivity contribution in [3.8, 4) is 0 Å². The summed E-state index contributed by atoms with van der Waals surface area (Å²) in [7, 11) is 0. The molecule has 482 valence electrons. The van der Waals surface area contributed by atoms with Crippen LogP contribution >= 0.6 is 0 Å². The van der Waals surface area contributed by atoms with E-state index in [2.05, 4.69) is 160 Å². The molecule has 8 unspecified atom stereocenters. The monoisotopic (exact) mass is 1180 g/mol. The van der Waals surface area contributed by atoms with Crippen LogP contribution in [0.1, 0.15) is 245 Å². The van der Waals surface area contributed by atoms with Crippen LogP contribution in [0.5, 0.6) is 0 Å². The summed E-state index contributed by atoms with van der Waals surface area (Å²) < 4.78 is 17.6. The third-order valence-corrected chi connectivity index (χ3v) is 14.7. The number of hydrogen-bond donors (Lipinski definition) is 6. The van der Waals surface area contributed by atoms with Crippen molar-refractivity contribution in [1.82, 2.24) is 5.32 Å². The molecule has 0 aromatic carbocycles. The fourth-order valence-electron chi connectivity index (χ4n) is 9.50. The van der Waals surface area contributed by atoms with Crippen LogP contribution in [-0.4, -0.2) is 99.6 Å². The minimum atomic E-state index is -1.64. The Labute approximate surface area is 517 Å². The van der Waals surface area contributed by atoms with Crippen molar-refractivity contribution < 1.29 is 49.3 Å². The van der Waals surface area contributed by atoms with Crippen LogP contribution < -0.4 is 5.32 Å². The lowest BCUT2D eigenvalue weighted by atomic mass is 9.99. The number of carbonyl (C=O) groups excluding carboxylic acids is 2. The van der Waals surface area contributed by atoms with E-state index in [9.17, 15) is 35.1 Å². The lowest BCUT2D eigenvalue weighted by molar-refractivity contribution is -0.305. The van der Waals surface area contributed by atoms with Gasteiger partial charge in [-0.15, -0.1) is 0 Å². The van der Waals surface area contributed by atoms with Gasteiger partial charge in [-0.3, -0.25) is 9.59 Å². The molecular weight excluding hydrogens is 1060 g/mol. The third kappa shape index (κ3) is 47.3. The Morgan fingerprint density at radius 1 is 0.471 bits per heavy atom. The maximum atomic E-state index is 13.5. The molecule has 11 heteroatoms. The second-order valence-corrected chi connectivity index (χ2v) is 22.4. The molecule has 6 N–H and O–H groups in total. The first-order valence-corrected chi connectivity index (χ1v) is 33.6. The number of nitrogens with one attached hydrogen (secondary N) is 1. The van der Waals surface area contributed by atoms with Gasteiger partial charge in [0.25, 0.3) is 0 Å². The molecule has 85 heavy (non-hydrogen) atoms. The zero-order chi connectivity index (χ0) is 61.7. The summed E-state index contributed by atoms with van der Waals surface area (Å²) in [6.45, 7) is 5.53. The zero-order valence-corrected chi connectivity index (χ0v) is 53.4. The summed E-state index contributed by atoms with van der Waals surface area (Å²) in [6.07, 6.45) is 75.9. The predicted octanol–water partition coefficient (Wildman–Crippen LogP) is 16.9. The maximum Gasteiger partial charge on any atom is 0.306 e. The largest absolute Gasteiger partial charge is 0.454 e. The number of aliphatic hydroxyl groups excluding tert-OH is 5. The molecule has 1 aliphatic rings. The normalized spacial score (nSPS) is 19.4. The molecule has 8 atom stereocenters. The first-order chi connectivity index (χ1) is 41.7. The highest BCUT2D eigenvalue weighted by Crippen LogP contribution is 2.26. The lowest BCUT2D eigenvalue weighted by Gasteiger charge is -2.41. The Kier molecular flexibility index (Phi) is 55.3. The van der Waals surface area contributed by atoms with E-state index in [1.165, 1.54) is 51.4 Å². The molecule has 0 aromatic heterocycles. The highest BCUT2D eigenvalue weighted by atomic mass is 16.7. The van der Waals surface area contributed by atoms with Gasteiger partial charge in [-0.2, -0.15) is 0 Å². The molecule has 1 fully saturated rings. The predicted molar refractivity (Wildman–Crippen MR) is 356 cm³/mol. The topological polar surface area (TPSA) is 175 Å². The molecule has 0 bridgehead atoms. The zero-order valence-electron chi connectivity index (χ0n) is 53.4. The Balaban J connectivity index is 2.69. The van der Waals surface area contributed by atoms with Crippen molar-refractivity contribution in [2.24, 2.45) is 0 Å². The van der Waals surface area contributed by atoms with Gasteiger partial charge in [-0.05, 0) is 122 Å². The summed E-state index contributed by atoms with van der Waals surface area (Å²) in [6, 6.07) is -1.05. The molecule has 0 radical (unpaired) electrons. The van der Waals surface area contributed by atoms with Crippen LogP contribution in [0.3, 0.4) is 0 Å². The van der Waals surface area contributed by atoms with Crippen LogP contribution in [0.4, 0.5) is 0 Å². The van der Waals surface area contributed by atoms with Gasteiger partial charge in [0, 0.05) is 6.42 Å². The molecule has 1 saturated heterocycles. The van der Waals surface area contributed by atoms with Crippen LogP contribution in [0, 0.1) is 0 Å². The van der Waals surface area contributed by atoms with E-state index in [0.29, 0.717) is 12.8 Å². The standard InChI is InChI=1S/C74H121NO10/c1-4-7-10-13-16-19-22-25-27-29-31-32-33-34-35-37-38-40-43-46-49-52-55-58-61-67(78)73(82)75-65(66(77)60-57-54-51-48-45-42-24-21-18-15-12-9-6-3)64-83-74-72(71(81)70(80)68(63-76)84-74)85-69(79)62-59-56-53-50-47-44-41-39-36-30-28-26-23-20-17-14-11-8-5-2/h7-8,10-11,16-17,19-20,25-28,31-32,34-36,38-40,44,47,57,60,65-68,70-72,74,76-78,80-81H,4-6,9,12-15,18,21-24,29-30,33,37,41-43,45-46,48-56,58-59,61-64H2,1-3H3,(H,75,82)/b10-7-,11-8-,19-16-,20-17-,27-25-,28-26-,32-31-,35-34-,39-36-,40-38-,47-44-,60-57+. The summed E-state index contributed by atoms with van der Waals surface area (Å²) in [5, 5.41) is 57.2. The number of amides is 1. The Hall–Kier alpha value is -4.46. The van der Waals surface area contributed by atoms with Crippen LogP contribution in [0.2, 0.25) is 0 Å². The number of aliphatic hydroxyl groups is 5. The fraction of sp³-hybridized carbons (Fsp3) is 0.649. The van der Waals surface area contributed by atoms with Crippen molar-refractivity contribution >= 4 is 11.9 Å². The van der Waals surface area contributed by atoms with Crippen molar-refractivity contribution in [3.63, 3.8) is 0 Å². The second-order valence-electron chi connectivity index (χ2n) is 22.4. The van der Waals surface area contributed by atoms with Crippen molar-refractivity contribution in [2.75, 3.05) is 13.2 Å². The van der Waals surface area contributed by atoms with Gasteiger partial charge in [-0.1, -0.05) is 263 Å². The van der Waals surface area contributed by atoms with Crippen molar-refractivity contribution in [1.29, 1.82) is 0 Å². The number of hydrogen-bond acceptors (Lipinski definition) is 10. The van der Waals surface area contributed by atoms with Crippen LogP contribution in [-0.2, 0) is 23.8 Å². The Morgan fingerprint density at radius 2 is 0.847 bits per heavy atom. The van der Waals surface area contributed by atoms with E-state index in [1.807, 2.05) is 6.08 Å². The molecule has 1 rings (SSSR count). The van der Waals surface area contributed by atoms with Crippen molar-refractivity contribution in [3.05, 3.63) is 146 Å². The highest BCUT2D eigenvalue weighted by molar-refractivity contribution is 5.80. The number of rotatable bonds is 55. The molecule has 0 aromatic rings. The fourth-order valence-corrected chi connectivity index (χ4v) is 9.50. The smallest absolute Gasteiger partial charge is 0.306 e. The number of unbranched alkanes of at least 4 members (excludes halogenated alkanes) is 19. The minimum absolute atomic E-state index is 0.0741. The molecule has 1 heterocycles. The van der Waals surface area contributed by atoms with E-state index < -0.39 is 67.4 Å². The summed E-state index contributed by atoms with van der Waals surface area (Å²) >= 11 is 0. The van der Waals surface area contributed by atoms with Gasteiger partial charge in [0.2, 0.25) is 5.91 Å². The van der Waals surface area contributed by atoms with Gasteiger partial charge in [-0.25, -0.2) is 0 Å². The van der Waals surface area contributed by atoms with Gasteiger partial charge in [0.1, 0.15) is 24.4 Å². The average Bonchev–Trinajstić information content (AvgIpc) is 3.17. The third-order valence-electron chi connectivity index (χ3n) is 14.7. The number of ether oxygens (including phenoxy) is 3. The van der Waals surface area contributed by atoms with Crippen LogP contribution in [0.15, 0.2) is 146 Å².